The summed E-state index contributed by atoms with van der Waals surface area (Å²) in [4.78, 5) is 8.18. The molecule has 4 unspecified atom stereocenters. The number of ether oxygens (including phenoxy) is 1. The highest BCUT2D eigenvalue weighted by Gasteiger charge is 2.44. The lowest BCUT2D eigenvalue weighted by molar-refractivity contribution is -0.0509. The standard InChI is InChI=1S/C13H18N4O4/c1-2-6-3-17(12-8(6)11(14)15-5-16-12)13-10(20)9(19)7(4-18)21-13/h3,5,7,9-10,13,18-20H,2,4H2,1H3,(H2,14,15,16). The smallest absolute Gasteiger partial charge is 0.164 e. The molecule has 1 aliphatic heterocycles. The molecule has 8 heteroatoms. The van der Waals surface area contributed by atoms with E-state index >= 15 is 0 Å². The number of hydrogen-bond donors (Lipinski definition) is 4. The normalized spacial score (nSPS) is 29.3. The predicted molar refractivity (Wildman–Crippen MR) is 74.3 cm³/mol. The number of aryl methyl sites for hydroxylation is 1. The van der Waals surface area contributed by atoms with Gasteiger partial charge in [-0.2, -0.15) is 0 Å². The number of nitrogen functional groups attached to an aromatic ring is 1. The van der Waals surface area contributed by atoms with Crippen molar-refractivity contribution in [2.24, 2.45) is 0 Å². The molecular formula is C13H18N4O4. The minimum absolute atomic E-state index is 0.363. The van der Waals surface area contributed by atoms with Gasteiger partial charge < -0.3 is 30.4 Å². The van der Waals surface area contributed by atoms with E-state index in [-0.39, 0.29) is 6.61 Å². The molecule has 0 aliphatic carbocycles. The van der Waals surface area contributed by atoms with E-state index in [1.807, 2.05) is 6.92 Å². The van der Waals surface area contributed by atoms with Gasteiger partial charge in [-0.15, -0.1) is 0 Å². The Balaban J connectivity index is 2.11. The molecule has 1 fully saturated rings. The van der Waals surface area contributed by atoms with Crippen LogP contribution >= 0.6 is 0 Å². The summed E-state index contributed by atoms with van der Waals surface area (Å²) in [6.07, 6.45) is -0.109. The first-order chi connectivity index (χ1) is 10.1. The van der Waals surface area contributed by atoms with Gasteiger partial charge in [0.05, 0.1) is 12.0 Å². The van der Waals surface area contributed by atoms with Crippen LogP contribution in [0, 0.1) is 0 Å². The van der Waals surface area contributed by atoms with E-state index in [1.54, 1.807) is 10.8 Å². The summed E-state index contributed by atoms with van der Waals surface area (Å²) in [7, 11) is 0. The van der Waals surface area contributed by atoms with Crippen molar-refractivity contribution in [3.05, 3.63) is 18.1 Å². The van der Waals surface area contributed by atoms with E-state index < -0.39 is 24.5 Å². The lowest BCUT2D eigenvalue weighted by Gasteiger charge is -2.17. The molecule has 0 saturated carbocycles. The van der Waals surface area contributed by atoms with E-state index in [1.165, 1.54) is 6.33 Å². The Morgan fingerprint density at radius 2 is 2.10 bits per heavy atom. The van der Waals surface area contributed by atoms with Gasteiger partial charge in [0.15, 0.2) is 6.23 Å². The van der Waals surface area contributed by atoms with Gasteiger partial charge in [0.25, 0.3) is 0 Å². The van der Waals surface area contributed by atoms with Gasteiger partial charge in [-0.3, -0.25) is 0 Å². The van der Waals surface area contributed by atoms with Crippen LogP contribution in [0.15, 0.2) is 12.5 Å². The van der Waals surface area contributed by atoms with Gasteiger partial charge in [-0.05, 0) is 12.0 Å². The molecule has 0 radical (unpaired) electrons. The van der Waals surface area contributed by atoms with Gasteiger partial charge in [0.2, 0.25) is 0 Å². The highest BCUT2D eigenvalue weighted by Crippen LogP contribution is 2.34. The maximum atomic E-state index is 10.1. The molecule has 0 spiro atoms. The molecule has 2 aromatic rings. The molecule has 0 amide bonds. The quantitative estimate of drug-likeness (QED) is 0.583. The van der Waals surface area contributed by atoms with Crippen LogP contribution in [0.1, 0.15) is 18.7 Å². The molecule has 3 heterocycles. The number of aliphatic hydroxyl groups is 3. The van der Waals surface area contributed by atoms with Crippen molar-refractivity contribution in [2.45, 2.75) is 37.9 Å². The van der Waals surface area contributed by atoms with Crippen molar-refractivity contribution in [1.29, 1.82) is 0 Å². The van der Waals surface area contributed by atoms with Crippen LogP contribution in [-0.2, 0) is 11.2 Å². The Bertz CT molecular complexity index is 659. The lowest BCUT2D eigenvalue weighted by atomic mass is 10.1. The van der Waals surface area contributed by atoms with Crippen molar-refractivity contribution in [3.8, 4) is 0 Å². The average Bonchev–Trinajstić information content (AvgIpc) is 2.99. The minimum Gasteiger partial charge on any atom is -0.394 e. The molecule has 5 N–H and O–H groups in total. The third-order valence-electron chi connectivity index (χ3n) is 3.89. The Morgan fingerprint density at radius 1 is 1.33 bits per heavy atom. The predicted octanol–water partition coefficient (Wildman–Crippen LogP) is -0.813. The van der Waals surface area contributed by atoms with Crippen LogP contribution in [0.25, 0.3) is 11.0 Å². The fourth-order valence-electron chi connectivity index (χ4n) is 2.76. The fourth-order valence-corrected chi connectivity index (χ4v) is 2.76. The number of fused-ring (bicyclic) bond motifs is 1. The lowest BCUT2D eigenvalue weighted by Crippen LogP contribution is -2.33. The number of aliphatic hydroxyl groups excluding tert-OH is 3. The van der Waals surface area contributed by atoms with E-state index in [2.05, 4.69) is 9.97 Å². The van der Waals surface area contributed by atoms with Crippen molar-refractivity contribution >= 4 is 16.9 Å². The highest BCUT2D eigenvalue weighted by molar-refractivity contribution is 5.89. The largest absolute Gasteiger partial charge is 0.394 e. The summed E-state index contributed by atoms with van der Waals surface area (Å²) in [5.74, 6) is 0.363. The summed E-state index contributed by atoms with van der Waals surface area (Å²) < 4.78 is 7.17. The molecule has 1 aliphatic rings. The van der Waals surface area contributed by atoms with Gasteiger partial charge in [0.1, 0.15) is 36.1 Å². The van der Waals surface area contributed by atoms with Crippen LogP contribution in [0.3, 0.4) is 0 Å². The molecule has 0 bridgehead atoms. The maximum Gasteiger partial charge on any atom is 0.164 e. The first kappa shape index (κ1) is 14.2. The molecule has 21 heavy (non-hydrogen) atoms. The summed E-state index contributed by atoms with van der Waals surface area (Å²) in [6.45, 7) is 1.61. The molecule has 8 nitrogen and oxygen atoms in total. The van der Waals surface area contributed by atoms with E-state index in [9.17, 15) is 15.3 Å². The minimum atomic E-state index is -1.15. The monoisotopic (exact) mass is 294 g/mol. The highest BCUT2D eigenvalue weighted by atomic mass is 16.6. The van der Waals surface area contributed by atoms with Crippen molar-refractivity contribution in [1.82, 2.24) is 14.5 Å². The van der Waals surface area contributed by atoms with Crippen LogP contribution in [-0.4, -0.2) is 54.8 Å². The topological polar surface area (TPSA) is 127 Å². The molecule has 0 aromatic carbocycles. The van der Waals surface area contributed by atoms with Crippen LogP contribution in [0.4, 0.5) is 5.82 Å². The first-order valence-corrected chi connectivity index (χ1v) is 6.80. The molecule has 2 aromatic heterocycles. The molecule has 3 rings (SSSR count). The van der Waals surface area contributed by atoms with Crippen LogP contribution in [0.2, 0.25) is 0 Å². The number of aromatic nitrogens is 3. The Morgan fingerprint density at radius 3 is 2.71 bits per heavy atom. The number of anilines is 1. The molecular weight excluding hydrogens is 276 g/mol. The molecule has 4 atom stereocenters. The molecule has 114 valence electrons. The van der Waals surface area contributed by atoms with Crippen molar-refractivity contribution in [2.75, 3.05) is 12.3 Å². The zero-order chi connectivity index (χ0) is 15.1. The second-order valence-corrected chi connectivity index (χ2v) is 5.10. The van der Waals surface area contributed by atoms with Gasteiger partial charge in [-0.1, -0.05) is 6.92 Å². The Labute approximate surface area is 120 Å². The van der Waals surface area contributed by atoms with Crippen LogP contribution in [0.5, 0.6) is 0 Å². The average molecular weight is 294 g/mol. The second-order valence-electron chi connectivity index (χ2n) is 5.10. The Hall–Kier alpha value is -1.74. The number of hydrogen-bond acceptors (Lipinski definition) is 7. The third-order valence-corrected chi connectivity index (χ3v) is 3.89. The zero-order valence-corrected chi connectivity index (χ0v) is 11.5. The van der Waals surface area contributed by atoms with E-state index in [0.717, 1.165) is 17.4 Å². The van der Waals surface area contributed by atoms with Crippen molar-refractivity contribution in [3.63, 3.8) is 0 Å². The first-order valence-electron chi connectivity index (χ1n) is 6.80. The summed E-state index contributed by atoms with van der Waals surface area (Å²) in [5, 5.41) is 29.9. The Kier molecular flexibility index (Phi) is 3.54. The molecule has 1 saturated heterocycles. The SMILES string of the molecule is CCc1cn(C2OC(CO)C(O)C2O)c2ncnc(N)c12. The number of nitrogens with two attached hydrogens (primary N) is 1. The van der Waals surface area contributed by atoms with Crippen LogP contribution < -0.4 is 5.73 Å². The fraction of sp³-hybridized carbons (Fsp3) is 0.538. The zero-order valence-electron chi connectivity index (χ0n) is 11.5. The summed E-state index contributed by atoms with van der Waals surface area (Å²) in [6, 6.07) is 0. The van der Waals surface area contributed by atoms with Crippen molar-refractivity contribution < 1.29 is 20.1 Å². The van der Waals surface area contributed by atoms with Gasteiger partial charge in [0, 0.05) is 6.20 Å². The van der Waals surface area contributed by atoms with E-state index in [4.69, 9.17) is 10.5 Å². The van der Waals surface area contributed by atoms with Gasteiger partial charge in [-0.25, -0.2) is 9.97 Å². The van der Waals surface area contributed by atoms with E-state index in [0.29, 0.717) is 11.5 Å². The second kappa shape index (κ2) is 5.23. The third kappa shape index (κ3) is 2.07. The summed E-state index contributed by atoms with van der Waals surface area (Å²) >= 11 is 0. The number of nitrogens with zero attached hydrogens (tertiary/aromatic N) is 3. The van der Waals surface area contributed by atoms with Gasteiger partial charge >= 0.3 is 0 Å². The maximum absolute atomic E-state index is 10.1. The number of rotatable bonds is 3. The summed E-state index contributed by atoms with van der Waals surface area (Å²) in [5.41, 5.74) is 7.37.